The summed E-state index contributed by atoms with van der Waals surface area (Å²) in [6.07, 6.45) is -2.56. The molecule has 2 fully saturated rings. The Kier molecular flexibility index (Phi) is 6.00. The van der Waals surface area contributed by atoms with Crippen molar-refractivity contribution in [2.45, 2.75) is 38.1 Å². The lowest BCUT2D eigenvalue weighted by atomic mass is 9.91. The maximum Gasteiger partial charge on any atom is 0.411 e. The van der Waals surface area contributed by atoms with Crippen LogP contribution in [-0.2, 0) is 20.9 Å². The molecular weight excluding hydrogens is 461 g/mol. The lowest BCUT2D eigenvalue weighted by Gasteiger charge is -2.24. The molecule has 0 bridgehead atoms. The van der Waals surface area contributed by atoms with Crippen LogP contribution in [0.4, 0.5) is 18.9 Å². The first kappa shape index (κ1) is 23.3. The number of hydrogen-bond acceptors (Lipinski definition) is 5. The molecule has 1 spiro atoms. The van der Waals surface area contributed by atoms with Gasteiger partial charge in [0.1, 0.15) is 12.4 Å². The topological polar surface area (TPSA) is 83.0 Å². The van der Waals surface area contributed by atoms with E-state index in [9.17, 15) is 22.8 Å². The van der Waals surface area contributed by atoms with Crippen LogP contribution >= 0.6 is 0 Å². The van der Waals surface area contributed by atoms with Crippen LogP contribution in [0.15, 0.2) is 59.7 Å². The van der Waals surface area contributed by atoms with Gasteiger partial charge in [0.15, 0.2) is 0 Å². The lowest BCUT2D eigenvalue weighted by Crippen LogP contribution is -2.39. The molecule has 3 aliphatic rings. The van der Waals surface area contributed by atoms with Crippen LogP contribution in [0.3, 0.4) is 0 Å². The Labute approximate surface area is 200 Å². The molecule has 2 heterocycles. The molecule has 2 aromatic rings. The second-order valence-electron chi connectivity index (χ2n) is 9.21. The van der Waals surface area contributed by atoms with E-state index in [0.717, 1.165) is 11.3 Å². The van der Waals surface area contributed by atoms with Gasteiger partial charge in [0.2, 0.25) is 11.8 Å². The highest BCUT2D eigenvalue weighted by atomic mass is 19.4. The molecule has 2 aromatic carbocycles. The number of rotatable bonds is 6. The van der Waals surface area contributed by atoms with Gasteiger partial charge < -0.3 is 15.4 Å². The quantitative estimate of drug-likeness (QED) is 0.653. The van der Waals surface area contributed by atoms with Gasteiger partial charge in [0, 0.05) is 13.0 Å². The average molecular weight is 486 g/mol. The van der Waals surface area contributed by atoms with Crippen molar-refractivity contribution in [2.24, 2.45) is 16.4 Å². The van der Waals surface area contributed by atoms with Crippen molar-refractivity contribution in [2.75, 3.05) is 18.2 Å². The van der Waals surface area contributed by atoms with Gasteiger partial charge in [0.05, 0.1) is 29.7 Å². The van der Waals surface area contributed by atoms with Crippen molar-refractivity contribution in [1.82, 2.24) is 10.6 Å². The molecule has 2 amide bonds. The number of alkyl halides is 3. The Bertz CT molecular complexity index is 1150. The monoisotopic (exact) mass is 486 g/mol. The number of nitrogens with zero attached hydrogens (tertiary/aromatic N) is 2. The number of benzene rings is 2. The fourth-order valence-electron chi connectivity index (χ4n) is 4.85. The summed E-state index contributed by atoms with van der Waals surface area (Å²) in [4.78, 5) is 25.2. The van der Waals surface area contributed by atoms with Gasteiger partial charge in [-0.2, -0.15) is 18.3 Å². The molecule has 5 rings (SSSR count). The second kappa shape index (κ2) is 8.99. The number of carbonyl (C=O) groups excluding carboxylic acids is 2. The molecule has 184 valence electrons. The van der Waals surface area contributed by atoms with Crippen LogP contribution in [0.25, 0.3) is 0 Å². The summed E-state index contributed by atoms with van der Waals surface area (Å²) < 4.78 is 42.2. The number of amides is 2. The van der Waals surface area contributed by atoms with Gasteiger partial charge in [-0.25, -0.2) is 0 Å². The van der Waals surface area contributed by atoms with Crippen molar-refractivity contribution in [1.29, 1.82) is 0 Å². The van der Waals surface area contributed by atoms with Gasteiger partial charge >= 0.3 is 6.18 Å². The summed E-state index contributed by atoms with van der Waals surface area (Å²) >= 11 is 0. The third-order valence-electron chi connectivity index (χ3n) is 6.76. The maximum atomic E-state index is 13.0. The Morgan fingerprint density at radius 1 is 1.17 bits per heavy atom. The number of halogens is 3. The maximum absolute atomic E-state index is 13.0. The second-order valence-corrected chi connectivity index (χ2v) is 9.21. The van der Waals surface area contributed by atoms with Gasteiger partial charge in [-0.3, -0.25) is 14.6 Å². The summed E-state index contributed by atoms with van der Waals surface area (Å²) in [7, 11) is 0. The Hall–Kier alpha value is -3.40. The number of para-hydroxylation sites is 1. The van der Waals surface area contributed by atoms with Crippen molar-refractivity contribution in [3.63, 3.8) is 0 Å². The van der Waals surface area contributed by atoms with Crippen LogP contribution in [0.2, 0.25) is 0 Å². The van der Waals surface area contributed by atoms with Crippen LogP contribution in [-0.4, -0.2) is 37.0 Å². The molecule has 1 aliphatic carbocycles. The smallest absolute Gasteiger partial charge is 0.367 e. The van der Waals surface area contributed by atoms with Crippen molar-refractivity contribution >= 4 is 23.3 Å². The molecule has 1 saturated heterocycles. The Balaban J connectivity index is 1.34. The normalized spacial score (nSPS) is 22.8. The van der Waals surface area contributed by atoms with Crippen molar-refractivity contribution in [3.8, 4) is 0 Å². The van der Waals surface area contributed by atoms with E-state index in [0.29, 0.717) is 37.2 Å². The summed E-state index contributed by atoms with van der Waals surface area (Å²) in [6.45, 7) is -1.15. The van der Waals surface area contributed by atoms with E-state index < -0.39 is 24.1 Å². The number of anilines is 1. The minimum absolute atomic E-state index is 0.0562. The summed E-state index contributed by atoms with van der Waals surface area (Å²) in [6, 6.07) is 16.3. The molecule has 0 aromatic heterocycles. The fraction of sp³-hybridized carbons (Fsp3) is 0.400. The molecular formula is C25H25F3N4O3. The third kappa shape index (κ3) is 4.88. The molecule has 1 saturated carbocycles. The average Bonchev–Trinajstić information content (AvgIpc) is 3.41. The Morgan fingerprint density at radius 3 is 2.66 bits per heavy atom. The number of hydrogen-bond donors (Lipinski definition) is 2. The molecule has 2 aliphatic heterocycles. The summed E-state index contributed by atoms with van der Waals surface area (Å²) in [5.41, 5.74) is 1.69. The minimum atomic E-state index is -4.38. The van der Waals surface area contributed by atoms with E-state index in [1.165, 1.54) is 0 Å². The van der Waals surface area contributed by atoms with Crippen LogP contribution < -0.4 is 15.6 Å². The number of nitrogens with one attached hydrogen (secondary N) is 2. The predicted octanol–water partition coefficient (Wildman–Crippen LogP) is 3.67. The molecule has 2 atom stereocenters. The van der Waals surface area contributed by atoms with Crippen molar-refractivity contribution < 1.29 is 27.5 Å². The largest absolute Gasteiger partial charge is 0.411 e. The fourth-order valence-corrected chi connectivity index (χ4v) is 4.85. The minimum Gasteiger partial charge on any atom is -0.367 e. The summed E-state index contributed by atoms with van der Waals surface area (Å²) in [5, 5.41) is 12.2. The lowest BCUT2D eigenvalue weighted by molar-refractivity contribution is -0.176. The zero-order valence-corrected chi connectivity index (χ0v) is 18.8. The van der Waals surface area contributed by atoms with E-state index in [1.54, 1.807) is 23.2 Å². The highest BCUT2D eigenvalue weighted by Gasteiger charge is 2.61. The highest BCUT2D eigenvalue weighted by Crippen LogP contribution is 2.54. The SMILES string of the molecule is O=C(NC1=NN(c2ccccc2)C(c2cccc(COCC(F)(F)F)c2)C1)C1CNC(=O)C12CC2. The first-order chi connectivity index (χ1) is 16.7. The Morgan fingerprint density at radius 2 is 1.94 bits per heavy atom. The number of hydrazone groups is 1. The van der Waals surface area contributed by atoms with E-state index >= 15 is 0 Å². The third-order valence-corrected chi connectivity index (χ3v) is 6.76. The van der Waals surface area contributed by atoms with Gasteiger partial charge in [-0.15, -0.1) is 0 Å². The van der Waals surface area contributed by atoms with Crippen LogP contribution in [0.1, 0.15) is 36.4 Å². The first-order valence-corrected chi connectivity index (χ1v) is 11.5. The van der Waals surface area contributed by atoms with Crippen LogP contribution in [0.5, 0.6) is 0 Å². The van der Waals surface area contributed by atoms with E-state index in [1.807, 2.05) is 36.4 Å². The standard InChI is InChI=1S/C25H25F3N4O3/c26-25(27,28)15-35-14-16-5-4-6-17(11-16)20-12-21(31-32(20)18-7-2-1-3-8-18)30-22(33)19-13-29-23(34)24(19)9-10-24/h1-8,11,19-20H,9-10,12-15H2,(H,29,34)(H,30,31,33). The van der Waals surface area contributed by atoms with E-state index in [-0.39, 0.29) is 24.5 Å². The molecule has 7 nitrogen and oxygen atoms in total. The predicted molar refractivity (Wildman–Crippen MR) is 122 cm³/mol. The van der Waals surface area contributed by atoms with Gasteiger partial charge in [-0.1, -0.05) is 42.5 Å². The number of amidine groups is 1. The van der Waals surface area contributed by atoms with Crippen LogP contribution in [0, 0.1) is 11.3 Å². The molecule has 0 radical (unpaired) electrons. The van der Waals surface area contributed by atoms with Crippen molar-refractivity contribution in [3.05, 3.63) is 65.7 Å². The van der Waals surface area contributed by atoms with Gasteiger partial charge in [-0.05, 0) is 36.1 Å². The van der Waals surface area contributed by atoms with E-state index in [2.05, 4.69) is 15.7 Å². The first-order valence-electron chi connectivity index (χ1n) is 11.5. The molecule has 10 heteroatoms. The van der Waals surface area contributed by atoms with E-state index in [4.69, 9.17) is 4.74 Å². The molecule has 2 unspecified atom stereocenters. The number of ether oxygens (including phenoxy) is 1. The summed E-state index contributed by atoms with van der Waals surface area (Å²) in [5.74, 6) is -0.212. The molecule has 35 heavy (non-hydrogen) atoms. The van der Waals surface area contributed by atoms with Gasteiger partial charge in [0.25, 0.3) is 0 Å². The molecule has 2 N–H and O–H groups in total. The highest BCUT2D eigenvalue weighted by molar-refractivity contribution is 6.04. The number of carbonyl (C=O) groups is 2. The zero-order valence-electron chi connectivity index (χ0n) is 18.8. The zero-order chi connectivity index (χ0) is 24.6.